The number of aliphatic hydroxyl groups is 1. The molecule has 7 heteroatoms. The van der Waals surface area contributed by atoms with Crippen LogP contribution in [-0.2, 0) is 30.3 Å². The molecule has 1 aromatic rings. The van der Waals surface area contributed by atoms with Gasteiger partial charge in [0.05, 0.1) is 6.04 Å². The molecule has 1 N–H and O–H groups in total. The summed E-state index contributed by atoms with van der Waals surface area (Å²) in [5.74, 6) is -1.02. The Hall–Kier alpha value is -1.51. The summed E-state index contributed by atoms with van der Waals surface area (Å²) in [6, 6.07) is 9.42. The van der Waals surface area contributed by atoms with Crippen LogP contribution in [0, 0.1) is 0 Å². The largest absolute Gasteiger partial charge is 0.383 e. The summed E-state index contributed by atoms with van der Waals surface area (Å²) in [7, 11) is 1.56. The fourth-order valence-electron chi connectivity index (χ4n) is 4.19. The number of aliphatic hydroxyl groups excluding tert-OH is 1. The molecular weight excluding hydrogens is 338 g/mol. The number of rotatable bonds is 4. The molecule has 0 spiro atoms. The lowest BCUT2D eigenvalue weighted by Gasteiger charge is -2.32. The number of fused-ring (bicyclic) bond motifs is 1. The van der Waals surface area contributed by atoms with E-state index in [9.17, 15) is 9.90 Å². The van der Waals surface area contributed by atoms with E-state index in [4.69, 9.17) is 18.9 Å². The van der Waals surface area contributed by atoms with E-state index in [0.29, 0.717) is 13.0 Å². The van der Waals surface area contributed by atoms with Gasteiger partial charge in [-0.1, -0.05) is 30.3 Å². The number of methoxy groups -OCH3 is 1. The molecule has 0 aromatic heterocycles. The highest BCUT2D eigenvalue weighted by Gasteiger charge is 2.60. The Balaban J connectivity index is 1.59. The summed E-state index contributed by atoms with van der Waals surface area (Å²) in [5, 5.41) is 10.2. The molecule has 0 saturated carbocycles. The van der Waals surface area contributed by atoms with E-state index in [-0.39, 0.29) is 24.2 Å². The first-order valence-electron chi connectivity index (χ1n) is 8.96. The van der Waals surface area contributed by atoms with Crippen molar-refractivity contribution in [3.8, 4) is 0 Å². The van der Waals surface area contributed by atoms with E-state index in [1.165, 1.54) is 0 Å². The molecule has 0 bridgehead atoms. The lowest BCUT2D eigenvalue weighted by molar-refractivity contribution is -0.232. The predicted octanol–water partition coefficient (Wildman–Crippen LogP) is 1.04. The van der Waals surface area contributed by atoms with Gasteiger partial charge in [0.2, 0.25) is 0 Å². The number of likely N-dealkylation sites (tertiary alicyclic amines) is 1. The zero-order chi connectivity index (χ0) is 18.5. The minimum atomic E-state index is -1.03. The van der Waals surface area contributed by atoms with Gasteiger partial charge in [0, 0.05) is 20.1 Å². The maximum absolute atomic E-state index is 12.6. The number of benzene rings is 1. The van der Waals surface area contributed by atoms with Gasteiger partial charge < -0.3 is 29.0 Å². The van der Waals surface area contributed by atoms with Gasteiger partial charge in [-0.15, -0.1) is 0 Å². The molecule has 1 aromatic carbocycles. The number of carbonyl (C=O) groups is 1. The second-order valence-corrected chi connectivity index (χ2v) is 7.54. The Labute approximate surface area is 152 Å². The van der Waals surface area contributed by atoms with Crippen LogP contribution >= 0.6 is 0 Å². The Morgan fingerprint density at radius 2 is 1.88 bits per heavy atom. The van der Waals surface area contributed by atoms with Crippen molar-refractivity contribution in [1.82, 2.24) is 4.90 Å². The van der Waals surface area contributed by atoms with Gasteiger partial charge in [0.25, 0.3) is 5.91 Å². The van der Waals surface area contributed by atoms with E-state index in [0.717, 1.165) is 5.56 Å². The molecule has 0 unspecified atom stereocenters. The second-order valence-electron chi connectivity index (χ2n) is 7.54. The highest BCUT2D eigenvalue weighted by molar-refractivity contribution is 5.83. The van der Waals surface area contributed by atoms with Crippen molar-refractivity contribution >= 4 is 5.91 Å². The quantitative estimate of drug-likeness (QED) is 0.861. The Kier molecular flexibility index (Phi) is 4.53. The van der Waals surface area contributed by atoms with Gasteiger partial charge in [-0.25, -0.2) is 0 Å². The van der Waals surface area contributed by atoms with Gasteiger partial charge >= 0.3 is 0 Å². The van der Waals surface area contributed by atoms with Crippen molar-refractivity contribution in [2.45, 2.75) is 69.3 Å². The van der Waals surface area contributed by atoms with Gasteiger partial charge in [0.15, 0.2) is 12.1 Å². The minimum Gasteiger partial charge on any atom is -0.383 e. The molecule has 3 fully saturated rings. The highest BCUT2D eigenvalue weighted by Crippen LogP contribution is 2.42. The zero-order valence-corrected chi connectivity index (χ0v) is 15.2. The van der Waals surface area contributed by atoms with Crippen LogP contribution in [0.15, 0.2) is 30.3 Å². The molecule has 1 amide bonds. The molecule has 0 radical (unpaired) electrons. The molecule has 142 valence electrons. The van der Waals surface area contributed by atoms with E-state index in [1.54, 1.807) is 12.0 Å². The van der Waals surface area contributed by atoms with Gasteiger partial charge in [-0.05, 0) is 19.4 Å². The van der Waals surface area contributed by atoms with Crippen molar-refractivity contribution < 1.29 is 28.8 Å². The average Bonchev–Trinajstić information content (AvgIpc) is 3.19. The Morgan fingerprint density at radius 1 is 1.19 bits per heavy atom. The average molecular weight is 363 g/mol. The highest BCUT2D eigenvalue weighted by atomic mass is 16.8. The Morgan fingerprint density at radius 3 is 2.58 bits per heavy atom. The fraction of sp³-hybridized carbons (Fsp3) is 0.632. The van der Waals surface area contributed by atoms with E-state index >= 15 is 0 Å². The number of hydrogen-bond donors (Lipinski definition) is 1. The molecule has 7 nitrogen and oxygen atoms in total. The molecule has 3 saturated heterocycles. The first-order chi connectivity index (χ1) is 12.4. The maximum atomic E-state index is 12.6. The van der Waals surface area contributed by atoms with Crippen LogP contribution in [0.4, 0.5) is 0 Å². The van der Waals surface area contributed by atoms with Crippen molar-refractivity contribution in [2.75, 3.05) is 7.11 Å². The smallest absolute Gasteiger partial charge is 0.252 e. The van der Waals surface area contributed by atoms with Gasteiger partial charge in [-0.2, -0.15) is 0 Å². The summed E-state index contributed by atoms with van der Waals surface area (Å²) >= 11 is 0. The fourth-order valence-corrected chi connectivity index (χ4v) is 4.19. The summed E-state index contributed by atoms with van der Waals surface area (Å²) in [5.41, 5.74) is 1.00. The number of amides is 1. The molecule has 3 aliphatic heterocycles. The third-order valence-electron chi connectivity index (χ3n) is 5.29. The third-order valence-corrected chi connectivity index (χ3v) is 5.29. The summed E-state index contributed by atoms with van der Waals surface area (Å²) in [4.78, 5) is 14.3. The second kappa shape index (κ2) is 6.58. The van der Waals surface area contributed by atoms with Crippen LogP contribution in [0.2, 0.25) is 0 Å². The number of nitrogens with zero attached hydrogens (tertiary/aromatic N) is 1. The molecule has 3 heterocycles. The van der Waals surface area contributed by atoms with Gasteiger partial charge in [0.1, 0.15) is 24.4 Å². The topological polar surface area (TPSA) is 77.5 Å². The van der Waals surface area contributed by atoms with Crippen molar-refractivity contribution in [3.63, 3.8) is 0 Å². The molecular formula is C19H25NO6. The molecule has 6 atom stereocenters. The van der Waals surface area contributed by atoms with Crippen LogP contribution in [0.1, 0.15) is 25.8 Å². The molecule has 4 rings (SSSR count). The standard InChI is InChI=1S/C19H25NO6/c1-19(2)25-15-14(24-18(23-3)16(15)26-19)12-9-13(21)17(22)20(12)10-11-7-5-4-6-8-11/h4-8,12-16,18,21H,9-10H2,1-3H3/t12-,13+,14+,15-,16-,18-/m0/s1. The monoisotopic (exact) mass is 363 g/mol. The van der Waals surface area contributed by atoms with Crippen LogP contribution < -0.4 is 0 Å². The summed E-state index contributed by atoms with van der Waals surface area (Å²) in [6.45, 7) is 4.12. The lowest BCUT2D eigenvalue weighted by Crippen LogP contribution is -2.46. The number of hydrogen-bond acceptors (Lipinski definition) is 6. The SMILES string of the molecule is CO[C@H]1O[C@H]([C@@H]2C[C@@H](O)C(=O)N2Cc2ccccc2)[C@@H]2OC(C)(C)O[C@H]12. The van der Waals surface area contributed by atoms with E-state index in [2.05, 4.69) is 0 Å². The minimum absolute atomic E-state index is 0.280. The number of ether oxygens (including phenoxy) is 4. The van der Waals surface area contributed by atoms with E-state index < -0.39 is 24.3 Å². The normalized spacial score (nSPS) is 38.8. The first kappa shape index (κ1) is 17.9. The molecule has 26 heavy (non-hydrogen) atoms. The summed E-state index contributed by atoms with van der Waals surface area (Å²) < 4.78 is 23.5. The summed E-state index contributed by atoms with van der Waals surface area (Å²) in [6.07, 6.45) is -2.40. The predicted molar refractivity (Wildman–Crippen MR) is 90.9 cm³/mol. The van der Waals surface area contributed by atoms with Crippen LogP contribution in [0.25, 0.3) is 0 Å². The Bertz CT molecular complexity index is 665. The van der Waals surface area contributed by atoms with Crippen molar-refractivity contribution in [1.29, 1.82) is 0 Å². The van der Waals surface area contributed by atoms with Crippen molar-refractivity contribution in [3.05, 3.63) is 35.9 Å². The molecule has 3 aliphatic rings. The number of carbonyl (C=O) groups excluding carboxylic acids is 1. The molecule has 0 aliphatic carbocycles. The van der Waals surface area contributed by atoms with Crippen LogP contribution in [0.3, 0.4) is 0 Å². The maximum Gasteiger partial charge on any atom is 0.252 e. The van der Waals surface area contributed by atoms with Crippen molar-refractivity contribution in [2.24, 2.45) is 0 Å². The first-order valence-corrected chi connectivity index (χ1v) is 8.96. The van der Waals surface area contributed by atoms with E-state index in [1.807, 2.05) is 44.2 Å². The van der Waals surface area contributed by atoms with Gasteiger partial charge in [-0.3, -0.25) is 4.79 Å². The van der Waals surface area contributed by atoms with Crippen LogP contribution in [0.5, 0.6) is 0 Å². The third kappa shape index (κ3) is 3.04. The zero-order valence-electron chi connectivity index (χ0n) is 15.2. The van der Waals surface area contributed by atoms with Crippen LogP contribution in [-0.4, -0.2) is 65.6 Å². The lowest BCUT2D eigenvalue weighted by atomic mass is 10.0.